The zero-order valence-corrected chi connectivity index (χ0v) is 12.9. The van der Waals surface area contributed by atoms with E-state index in [1.165, 1.54) is 19.3 Å². The van der Waals surface area contributed by atoms with E-state index in [2.05, 4.69) is 36.1 Å². The van der Waals surface area contributed by atoms with Gasteiger partial charge in [0.1, 0.15) is 5.82 Å². The van der Waals surface area contributed by atoms with Gasteiger partial charge in [-0.15, -0.1) is 0 Å². The van der Waals surface area contributed by atoms with Gasteiger partial charge >= 0.3 is 0 Å². The lowest BCUT2D eigenvalue weighted by molar-refractivity contribution is 0.583. The third-order valence-electron chi connectivity index (χ3n) is 3.47. The van der Waals surface area contributed by atoms with Crippen molar-refractivity contribution in [1.82, 2.24) is 10.3 Å². The van der Waals surface area contributed by atoms with Crippen molar-refractivity contribution < 1.29 is 0 Å². The molecule has 0 atom stereocenters. The molecule has 1 aliphatic rings. The number of pyridine rings is 1. The number of anilines is 1. The molecule has 1 aromatic heterocycles. The third-order valence-corrected chi connectivity index (χ3v) is 3.82. The lowest BCUT2D eigenvalue weighted by atomic mass is 10.1. The minimum atomic E-state index is 0.681. The molecule has 0 amide bonds. The summed E-state index contributed by atoms with van der Waals surface area (Å²) in [5.41, 5.74) is 0.961. The van der Waals surface area contributed by atoms with Crippen molar-refractivity contribution in [3.8, 4) is 0 Å². The largest absolute Gasteiger partial charge is 0.360 e. The maximum atomic E-state index is 6.21. The molecule has 0 bridgehead atoms. The molecule has 19 heavy (non-hydrogen) atoms. The third kappa shape index (κ3) is 4.66. The van der Waals surface area contributed by atoms with E-state index in [9.17, 15) is 0 Å². The second kappa shape index (κ2) is 6.58. The molecule has 4 heteroatoms. The van der Waals surface area contributed by atoms with Crippen LogP contribution in [0.4, 0.5) is 5.82 Å². The van der Waals surface area contributed by atoms with E-state index in [0.29, 0.717) is 12.0 Å². The lowest BCUT2D eigenvalue weighted by Crippen LogP contribution is -2.22. The minimum Gasteiger partial charge on any atom is -0.360 e. The van der Waals surface area contributed by atoms with E-state index in [1.807, 2.05) is 12.1 Å². The highest BCUT2D eigenvalue weighted by atomic mass is 35.5. The van der Waals surface area contributed by atoms with E-state index < -0.39 is 0 Å². The number of rotatable bonds is 7. The van der Waals surface area contributed by atoms with Gasteiger partial charge in [0.05, 0.1) is 10.7 Å². The average molecular weight is 282 g/mol. The molecule has 3 nitrogen and oxygen atoms in total. The SMILES string of the molecule is CC(C)CCN(C)c1ccc(Cl)c(CNC2CC2)n1. The molecule has 2 rings (SSSR count). The molecule has 0 radical (unpaired) electrons. The van der Waals surface area contributed by atoms with Crippen molar-refractivity contribution in [2.24, 2.45) is 5.92 Å². The second-order valence-electron chi connectivity index (χ2n) is 5.86. The molecule has 1 aromatic rings. The van der Waals surface area contributed by atoms with Crippen LogP contribution >= 0.6 is 11.6 Å². The molecule has 1 N–H and O–H groups in total. The Hall–Kier alpha value is -0.800. The minimum absolute atomic E-state index is 0.681. The van der Waals surface area contributed by atoms with E-state index in [4.69, 9.17) is 11.6 Å². The molecule has 1 saturated carbocycles. The van der Waals surface area contributed by atoms with Crippen LogP contribution in [0.5, 0.6) is 0 Å². The maximum absolute atomic E-state index is 6.21. The van der Waals surface area contributed by atoms with Crippen molar-refractivity contribution in [1.29, 1.82) is 0 Å². The predicted octanol–water partition coefficient (Wildman–Crippen LogP) is 3.47. The van der Waals surface area contributed by atoms with Crippen LogP contribution < -0.4 is 10.2 Å². The quantitative estimate of drug-likeness (QED) is 0.829. The van der Waals surface area contributed by atoms with Crippen LogP contribution in [0.2, 0.25) is 5.02 Å². The van der Waals surface area contributed by atoms with Crippen LogP contribution in [0.25, 0.3) is 0 Å². The highest BCUT2D eigenvalue weighted by molar-refractivity contribution is 6.31. The van der Waals surface area contributed by atoms with Crippen LogP contribution in [0, 0.1) is 5.92 Å². The van der Waals surface area contributed by atoms with Crippen molar-refractivity contribution in [3.63, 3.8) is 0 Å². The predicted molar refractivity (Wildman–Crippen MR) is 81.8 cm³/mol. The van der Waals surface area contributed by atoms with E-state index in [1.54, 1.807) is 0 Å². The summed E-state index contributed by atoms with van der Waals surface area (Å²) in [5, 5.41) is 4.22. The Morgan fingerprint density at radius 3 is 2.79 bits per heavy atom. The normalized spacial score (nSPS) is 15.0. The first-order valence-corrected chi connectivity index (χ1v) is 7.54. The molecular weight excluding hydrogens is 258 g/mol. The van der Waals surface area contributed by atoms with E-state index in [0.717, 1.165) is 29.6 Å². The summed E-state index contributed by atoms with van der Waals surface area (Å²) >= 11 is 6.21. The van der Waals surface area contributed by atoms with E-state index in [-0.39, 0.29) is 0 Å². The lowest BCUT2D eigenvalue weighted by Gasteiger charge is -2.20. The van der Waals surface area contributed by atoms with Crippen LogP contribution in [0.1, 0.15) is 38.8 Å². The smallest absolute Gasteiger partial charge is 0.128 e. The summed E-state index contributed by atoms with van der Waals surface area (Å²) in [7, 11) is 2.09. The zero-order chi connectivity index (χ0) is 13.8. The highest BCUT2D eigenvalue weighted by Gasteiger charge is 2.20. The first kappa shape index (κ1) is 14.6. The molecule has 0 unspecified atom stereocenters. The molecular formula is C15H24ClN3. The fourth-order valence-electron chi connectivity index (χ4n) is 1.90. The van der Waals surface area contributed by atoms with Crippen LogP contribution in [0.15, 0.2) is 12.1 Å². The van der Waals surface area contributed by atoms with Crippen LogP contribution in [-0.2, 0) is 6.54 Å². The van der Waals surface area contributed by atoms with E-state index >= 15 is 0 Å². The topological polar surface area (TPSA) is 28.2 Å². The molecule has 1 aliphatic carbocycles. The van der Waals surface area contributed by atoms with Crippen molar-refractivity contribution in [2.45, 2.75) is 45.7 Å². The van der Waals surface area contributed by atoms with Crippen LogP contribution in [-0.4, -0.2) is 24.6 Å². The Kier molecular flexibility index (Phi) is 5.06. The van der Waals surface area contributed by atoms with Crippen molar-refractivity contribution in [3.05, 3.63) is 22.8 Å². The van der Waals surface area contributed by atoms with Gasteiger partial charge in [0.2, 0.25) is 0 Å². The average Bonchev–Trinajstić information content (AvgIpc) is 3.19. The van der Waals surface area contributed by atoms with Gasteiger partial charge in [-0.25, -0.2) is 4.98 Å². The summed E-state index contributed by atoms with van der Waals surface area (Å²) in [6.07, 6.45) is 3.74. The number of nitrogens with one attached hydrogen (secondary N) is 1. The van der Waals surface area contributed by atoms with Gasteiger partial charge in [-0.05, 0) is 37.3 Å². The summed E-state index contributed by atoms with van der Waals surface area (Å²) < 4.78 is 0. The van der Waals surface area contributed by atoms with Gasteiger partial charge in [-0.3, -0.25) is 0 Å². The fraction of sp³-hybridized carbons (Fsp3) is 0.667. The highest BCUT2D eigenvalue weighted by Crippen LogP contribution is 2.22. The van der Waals surface area contributed by atoms with Gasteiger partial charge in [-0.2, -0.15) is 0 Å². The zero-order valence-electron chi connectivity index (χ0n) is 12.1. The molecule has 0 spiro atoms. The molecule has 0 saturated heterocycles. The van der Waals surface area contributed by atoms with Gasteiger partial charge in [0.25, 0.3) is 0 Å². The Morgan fingerprint density at radius 2 is 2.16 bits per heavy atom. The van der Waals surface area contributed by atoms with Crippen molar-refractivity contribution in [2.75, 3.05) is 18.5 Å². The molecule has 1 heterocycles. The Labute approximate surface area is 121 Å². The number of nitrogens with zero attached hydrogens (tertiary/aromatic N) is 2. The Morgan fingerprint density at radius 1 is 1.42 bits per heavy atom. The Bertz CT molecular complexity index is 416. The maximum Gasteiger partial charge on any atom is 0.128 e. The standard InChI is InChI=1S/C15H24ClN3/c1-11(2)8-9-19(3)15-7-6-13(16)14(18-15)10-17-12-4-5-12/h6-7,11-12,17H,4-5,8-10H2,1-3H3. The van der Waals surface area contributed by atoms with Gasteiger partial charge < -0.3 is 10.2 Å². The number of aromatic nitrogens is 1. The second-order valence-corrected chi connectivity index (χ2v) is 6.26. The Balaban J connectivity index is 1.97. The fourth-order valence-corrected chi connectivity index (χ4v) is 2.08. The molecule has 106 valence electrons. The number of hydrogen-bond acceptors (Lipinski definition) is 3. The summed E-state index contributed by atoms with van der Waals surface area (Å²) in [6, 6.07) is 4.64. The van der Waals surface area contributed by atoms with Gasteiger partial charge in [0, 0.05) is 26.2 Å². The molecule has 0 aliphatic heterocycles. The van der Waals surface area contributed by atoms with Crippen LogP contribution in [0.3, 0.4) is 0 Å². The molecule has 0 aromatic carbocycles. The summed E-state index contributed by atoms with van der Waals surface area (Å²) in [6.45, 7) is 6.29. The summed E-state index contributed by atoms with van der Waals surface area (Å²) in [5.74, 6) is 1.73. The first-order valence-electron chi connectivity index (χ1n) is 7.16. The number of hydrogen-bond donors (Lipinski definition) is 1. The number of halogens is 1. The van der Waals surface area contributed by atoms with Gasteiger partial charge in [0.15, 0.2) is 0 Å². The first-order chi connectivity index (χ1) is 9.06. The summed E-state index contributed by atoms with van der Waals surface area (Å²) in [4.78, 5) is 6.89. The van der Waals surface area contributed by atoms with Crippen molar-refractivity contribution >= 4 is 17.4 Å². The van der Waals surface area contributed by atoms with Gasteiger partial charge in [-0.1, -0.05) is 25.4 Å². The monoisotopic (exact) mass is 281 g/mol. The molecule has 1 fully saturated rings.